The minimum atomic E-state index is -4.92. The summed E-state index contributed by atoms with van der Waals surface area (Å²) in [5, 5.41) is 335. The van der Waals surface area contributed by atoms with Gasteiger partial charge in [-0.1, -0.05) is 0 Å². The van der Waals surface area contributed by atoms with E-state index in [1.165, 1.54) is 6.92 Å². The predicted octanol–water partition coefficient (Wildman–Crippen LogP) is -22.5. The fourth-order valence-electron chi connectivity index (χ4n) is 16.2. The molecule has 780 valence electrons. The number of amides is 4. The molecule has 9 aliphatic rings. The van der Waals surface area contributed by atoms with Gasteiger partial charge < -0.3 is 265 Å². The summed E-state index contributed by atoms with van der Waals surface area (Å²) in [5.74, 6) is -3.94. The van der Waals surface area contributed by atoms with Gasteiger partial charge in [-0.3, -0.25) is 28.2 Å². The van der Waals surface area contributed by atoms with Crippen LogP contribution in [0.5, 0.6) is 0 Å². The Morgan fingerprint density at radius 2 is 0.716 bits per heavy atom. The largest absolute Gasteiger partial charge is 0.472 e. The second kappa shape index (κ2) is 51.3. The van der Waals surface area contributed by atoms with Gasteiger partial charge in [-0.2, -0.15) is 0 Å². The normalized spacial score (nSPS) is 44.6. The maximum Gasteiger partial charge on any atom is 0.472 e. The quantitative estimate of drug-likeness (QED) is 0.0199. The van der Waals surface area contributed by atoms with E-state index in [2.05, 4.69) is 31.1 Å². The predicted molar refractivity (Wildman–Crippen MR) is 417 cm³/mol. The minimum absolute atomic E-state index is 0.428. The van der Waals surface area contributed by atoms with Crippen molar-refractivity contribution in [2.24, 2.45) is 0 Å². The van der Waals surface area contributed by atoms with Crippen LogP contribution in [0.2, 0.25) is 0 Å². The summed E-state index contributed by atoms with van der Waals surface area (Å²) >= 11 is 0. The van der Waals surface area contributed by atoms with Crippen molar-refractivity contribution in [1.82, 2.24) is 26.6 Å². The number of carbonyl (C=O) groups excluding carboxylic acids is 4. The van der Waals surface area contributed by atoms with Gasteiger partial charge in [-0.15, -0.1) is 0 Å². The van der Waals surface area contributed by atoms with Crippen LogP contribution in [-0.4, -0.2) is 576 Å². The number of aliphatic hydroxyl groups excluding tert-OH is 29. The number of carbonyl (C=O) groups is 4. The van der Waals surface area contributed by atoms with E-state index in [9.17, 15) is 172 Å². The third-order valence-electron chi connectivity index (χ3n) is 23.4. The molecule has 9 aliphatic heterocycles. The molecule has 51 atom stereocenters. The van der Waals surface area contributed by atoms with Crippen molar-refractivity contribution in [1.29, 1.82) is 0 Å². The summed E-state index contributed by atoms with van der Waals surface area (Å²) in [6, 6.07) is -7.84. The van der Waals surface area contributed by atoms with Gasteiger partial charge in [-0.25, -0.2) is 4.57 Å². The molecule has 0 aromatic carbocycles. The van der Waals surface area contributed by atoms with Gasteiger partial charge in [-0.05, 0) is 6.92 Å². The molecule has 9 saturated heterocycles. The highest BCUT2D eigenvalue weighted by Crippen LogP contribution is 2.44. The van der Waals surface area contributed by atoms with Crippen molar-refractivity contribution in [2.75, 3.05) is 92.4 Å². The fraction of sp³-hybridized carbons (Fsp3) is 0.945. The Labute approximate surface area is 760 Å². The molecule has 35 N–H and O–H groups in total. The number of phosphoric acid groups is 1. The maximum atomic E-state index is 13.5. The van der Waals surface area contributed by atoms with Crippen molar-refractivity contribution in [3.63, 3.8) is 0 Å². The van der Waals surface area contributed by atoms with Crippen LogP contribution in [-0.2, 0) is 118 Å². The molecule has 0 spiro atoms. The molecule has 9 fully saturated rings. The Balaban J connectivity index is 1.07. The highest BCUT2D eigenvalue weighted by molar-refractivity contribution is 7.47. The first-order chi connectivity index (χ1) is 63.2. The van der Waals surface area contributed by atoms with Crippen LogP contribution in [0.3, 0.4) is 0 Å². The van der Waals surface area contributed by atoms with Gasteiger partial charge in [0, 0.05) is 40.8 Å². The zero-order chi connectivity index (χ0) is 99.3. The molecule has 4 amide bonds. The van der Waals surface area contributed by atoms with E-state index in [1.54, 1.807) is 0 Å². The van der Waals surface area contributed by atoms with Crippen molar-refractivity contribution in [3.05, 3.63) is 0 Å². The van der Waals surface area contributed by atoms with Crippen molar-refractivity contribution in [3.8, 4) is 0 Å². The molecule has 2 unspecified atom stereocenters. The number of aliphatic hydroxyl groups is 29. The lowest BCUT2D eigenvalue weighted by Gasteiger charge is -2.51. The van der Waals surface area contributed by atoms with Crippen LogP contribution >= 0.6 is 7.82 Å². The first-order valence-electron chi connectivity index (χ1n) is 42.5. The van der Waals surface area contributed by atoms with Gasteiger partial charge in [0.25, 0.3) is 0 Å². The van der Waals surface area contributed by atoms with E-state index in [4.69, 9.17) is 94.9 Å². The Kier molecular flexibility index (Phi) is 43.5. The lowest BCUT2D eigenvalue weighted by Crippen LogP contribution is -2.70. The topological polar surface area (TPSA) is 937 Å². The number of hydrogen-bond acceptors (Lipinski definition) is 55. The summed E-state index contributed by atoms with van der Waals surface area (Å²) in [7, 11) is -4.92. The molecule has 0 aromatic heterocycles. The molecule has 9 heterocycles. The monoisotopic (exact) mass is 1990 g/mol. The Bertz CT molecular complexity index is 3620. The highest BCUT2D eigenvalue weighted by atomic mass is 31.2. The zero-order valence-electron chi connectivity index (χ0n) is 72.3. The van der Waals surface area contributed by atoms with Gasteiger partial charge in [0.15, 0.2) is 56.6 Å². The summed E-state index contributed by atoms with van der Waals surface area (Å²) in [4.78, 5) is 62.5. The first kappa shape index (κ1) is 114. The average Bonchev–Trinajstić information content (AvgIpc) is 0.763. The number of rotatable bonds is 44. The minimum Gasteiger partial charge on any atom is -0.394 e. The lowest BCUT2D eigenvalue weighted by atomic mass is 9.94. The second-order valence-corrected chi connectivity index (χ2v) is 34.7. The molecule has 0 bridgehead atoms. The fourth-order valence-corrected chi connectivity index (χ4v) is 16.9. The summed E-state index contributed by atoms with van der Waals surface area (Å²) in [6.45, 7) is -9.01. The van der Waals surface area contributed by atoms with E-state index >= 15 is 0 Å². The van der Waals surface area contributed by atoms with Crippen LogP contribution < -0.4 is 26.6 Å². The average molecular weight is 1990 g/mol. The lowest BCUT2D eigenvalue weighted by molar-refractivity contribution is -0.398. The Hall–Kier alpha value is -3.93. The van der Waals surface area contributed by atoms with Crippen LogP contribution in [0.15, 0.2) is 0 Å². The van der Waals surface area contributed by atoms with E-state index in [0.717, 1.165) is 27.7 Å². The third-order valence-corrected chi connectivity index (χ3v) is 24.4. The molecule has 0 aliphatic carbocycles. The Morgan fingerprint density at radius 1 is 0.351 bits per heavy atom. The first-order valence-corrected chi connectivity index (χ1v) is 44.0. The molecule has 60 nitrogen and oxygen atoms in total. The van der Waals surface area contributed by atoms with Crippen molar-refractivity contribution in [2.45, 2.75) is 341 Å². The van der Waals surface area contributed by atoms with Crippen LogP contribution in [0.1, 0.15) is 34.6 Å². The van der Waals surface area contributed by atoms with E-state index in [-0.39, 0.29) is 0 Å². The van der Waals surface area contributed by atoms with Crippen LogP contribution in [0.25, 0.3) is 0 Å². The van der Waals surface area contributed by atoms with Crippen LogP contribution in [0.4, 0.5) is 0 Å². The smallest absolute Gasteiger partial charge is 0.394 e. The maximum absolute atomic E-state index is 13.5. The van der Waals surface area contributed by atoms with Gasteiger partial charge in [0.1, 0.15) is 238 Å². The second-order valence-electron chi connectivity index (χ2n) is 33.2. The van der Waals surface area contributed by atoms with Crippen molar-refractivity contribution >= 4 is 31.5 Å². The molecular weight excluding hydrogens is 1860 g/mol. The van der Waals surface area contributed by atoms with Gasteiger partial charge >= 0.3 is 7.82 Å². The molecular formula is C73H128N5O55P. The third kappa shape index (κ3) is 27.7. The number of ether oxygens (including phenoxy) is 18. The summed E-state index contributed by atoms with van der Waals surface area (Å²) in [6.07, 6.45) is -98.1. The summed E-state index contributed by atoms with van der Waals surface area (Å²) in [5.41, 5.74) is 0. The molecule has 9 rings (SSSR count). The molecule has 0 aromatic rings. The molecule has 134 heavy (non-hydrogen) atoms. The molecule has 0 radical (unpaired) electrons. The van der Waals surface area contributed by atoms with Gasteiger partial charge in [0.05, 0.1) is 91.4 Å². The molecule has 61 heteroatoms. The Morgan fingerprint density at radius 3 is 1.15 bits per heavy atom. The van der Waals surface area contributed by atoms with Crippen LogP contribution in [0, 0.1) is 0 Å². The van der Waals surface area contributed by atoms with Gasteiger partial charge in [0.2, 0.25) is 23.6 Å². The number of phosphoric ester groups is 1. The van der Waals surface area contributed by atoms with E-state index in [0.29, 0.717) is 0 Å². The number of hydrogen-bond donors (Lipinski definition) is 35. The van der Waals surface area contributed by atoms with E-state index in [1.807, 2.05) is 0 Å². The standard InChI is InChI=1S/C73H128N5O55P/c1-20-39(93)49(103)54(108)68(118-20)114-18-27(92)58(40(94)26(75-21(2)87)8-74-6-7-116-134(112,113)117-17-25(91)9-79)127-65-36(76-22(3)88)46(100)61(34(16-86)123-65)130-71-57(111)62(131-73-64(53(107)44(98)31(13-83)122-73)133-67-38(78-24(5)90)48(102)60(33(15-85)125-67)129-70-56(110)51(105)42(96)29(11-81)120-70)45(99)35(126-71)19-115-72-63(52(106)43(97)30(12-82)121-72)132-66-37(77-23(4)89)47(101)59(32(14-84)124-66)128-69-55(109)50(104)41(95)28(10-80)119-69/h20,25-74,79-86,91-111H,6-19H2,1-5H3,(H,75,87)(H,76,88)(H,77,89)(H,78,90)(H,112,113)/t20-,25?,26-,27+,28+,29+,30+,31+,32+,33+,34+,35+,36+,37+,38+,39+,40+,41-,42-,43+,44+,45+,46+,47+,48+,49+,50-,51-,52-,53-,54-,55+,56+,57-,58+,59+,60+,61+,62-,63-,64-,65-,66-,67-,68+,69-,70-,71-,72-,73+/m0/s1. The SMILES string of the molecule is CC(=O)N[C@H]1[C@H](O[C@@H]([C@H](O)[C@H](CNCCOP(=O)(O)OCC(O)CO)NC(C)=O)[C@H](O)CO[C@@H]2O[C@@H](C)[C@@H](O)[C@@H](O)[C@@H]2O)O[C@H](CO)[C@@H](O[C@@H]2O[C@H](CO[C@H]3O[C@H](CO)[C@@H](O)[C@H](O)[C@@H]3O[C@@H]3O[C@H](CO)[C@@H](O[C@@H]4O[C@H](CO)[C@H](O)[C@H](O)[C@H]4O)[C@H](O)[C@H]3NC(C)=O)[C@@H](O)[C@H](O[C@H]3O[C@H](CO)[C@@H](O)[C@H](O)[C@@H]3O[C@@H]3O[C@H](CO)[C@@H](O[C@@H]4O[C@H](CO)[C@H](O)[C@H](O)[C@H]4O)[C@H](O)[C@H]3NC(C)=O)[C@@H]2O)[C@@H]1O. The van der Waals surface area contributed by atoms with E-state index < -0.39 is 430 Å². The zero-order valence-corrected chi connectivity index (χ0v) is 73.2. The molecule has 0 saturated carbocycles. The van der Waals surface area contributed by atoms with Crippen molar-refractivity contribution < 1.29 is 271 Å². The highest BCUT2D eigenvalue weighted by Gasteiger charge is 2.61. The summed E-state index contributed by atoms with van der Waals surface area (Å²) < 4.78 is 129. The number of nitrogens with one attached hydrogen (secondary N) is 5.